The molecule has 0 aliphatic carbocycles. The van der Waals surface area contributed by atoms with Crippen molar-refractivity contribution in [3.63, 3.8) is 0 Å². The third-order valence-corrected chi connectivity index (χ3v) is 2.60. The van der Waals surface area contributed by atoms with Gasteiger partial charge in [0.2, 0.25) is 5.78 Å². The standard InChI is InChI=1S/C14H15N3O2/c1-15-10-13(18)16-17-9-5-8-12(17)14(19)11-6-3-2-4-7-11/h2-9,15H,10H2,1H3,(H,16,18). The highest BCUT2D eigenvalue weighted by Crippen LogP contribution is 2.09. The van der Waals surface area contributed by atoms with E-state index in [1.807, 2.05) is 6.07 Å². The molecule has 0 unspecified atom stereocenters. The number of hydrogen-bond donors (Lipinski definition) is 2. The van der Waals surface area contributed by atoms with Gasteiger partial charge >= 0.3 is 0 Å². The molecule has 0 bridgehead atoms. The van der Waals surface area contributed by atoms with Gasteiger partial charge in [0.25, 0.3) is 5.91 Å². The summed E-state index contributed by atoms with van der Waals surface area (Å²) in [5.74, 6) is -0.337. The summed E-state index contributed by atoms with van der Waals surface area (Å²) in [4.78, 5) is 23.8. The van der Waals surface area contributed by atoms with Gasteiger partial charge in [0.05, 0.1) is 6.54 Å². The number of nitrogens with one attached hydrogen (secondary N) is 2. The summed E-state index contributed by atoms with van der Waals surface area (Å²) in [5, 5.41) is 2.75. The topological polar surface area (TPSA) is 63.1 Å². The van der Waals surface area contributed by atoms with E-state index in [1.165, 1.54) is 4.68 Å². The Labute approximate surface area is 111 Å². The summed E-state index contributed by atoms with van der Waals surface area (Å²) in [6.45, 7) is 0.192. The smallest absolute Gasteiger partial charge is 0.252 e. The van der Waals surface area contributed by atoms with Gasteiger partial charge < -0.3 is 5.32 Å². The van der Waals surface area contributed by atoms with Crippen LogP contribution in [-0.2, 0) is 4.79 Å². The minimum absolute atomic E-state index is 0.129. The second-order valence-corrected chi connectivity index (χ2v) is 4.02. The Hall–Kier alpha value is -2.40. The van der Waals surface area contributed by atoms with Crippen LogP contribution in [0.25, 0.3) is 0 Å². The minimum Gasteiger partial charge on any atom is -0.311 e. The number of amides is 1. The fourth-order valence-corrected chi connectivity index (χ4v) is 1.74. The molecule has 1 aromatic carbocycles. The maximum Gasteiger partial charge on any atom is 0.252 e. The van der Waals surface area contributed by atoms with E-state index in [0.29, 0.717) is 11.3 Å². The zero-order valence-electron chi connectivity index (χ0n) is 10.6. The molecule has 2 aromatic rings. The quantitative estimate of drug-likeness (QED) is 0.786. The number of carbonyl (C=O) groups is 2. The molecule has 1 heterocycles. The Morgan fingerprint density at radius 2 is 1.84 bits per heavy atom. The first-order valence-corrected chi connectivity index (χ1v) is 5.94. The predicted octanol–water partition coefficient (Wildman–Crippen LogP) is 1.01. The Bertz CT molecular complexity index is 575. The van der Waals surface area contributed by atoms with Gasteiger partial charge in [-0.15, -0.1) is 0 Å². The fraction of sp³-hybridized carbons (Fsp3) is 0.143. The molecular formula is C14H15N3O2. The fourth-order valence-electron chi connectivity index (χ4n) is 1.74. The molecule has 0 fully saturated rings. The maximum atomic E-state index is 12.3. The molecule has 0 spiro atoms. The SMILES string of the molecule is CNCC(=O)Nn1cccc1C(=O)c1ccccc1. The third-order valence-electron chi connectivity index (χ3n) is 2.60. The average Bonchev–Trinajstić information content (AvgIpc) is 2.87. The van der Waals surface area contributed by atoms with E-state index in [0.717, 1.165) is 0 Å². The van der Waals surface area contributed by atoms with Crippen LogP contribution in [0.1, 0.15) is 16.1 Å². The maximum absolute atomic E-state index is 12.3. The zero-order valence-corrected chi connectivity index (χ0v) is 10.6. The minimum atomic E-state index is -0.208. The monoisotopic (exact) mass is 257 g/mol. The van der Waals surface area contributed by atoms with Crippen LogP contribution >= 0.6 is 0 Å². The van der Waals surface area contributed by atoms with Gasteiger partial charge in [0, 0.05) is 11.8 Å². The lowest BCUT2D eigenvalue weighted by atomic mass is 10.1. The van der Waals surface area contributed by atoms with Crippen LogP contribution < -0.4 is 10.7 Å². The molecule has 98 valence electrons. The highest BCUT2D eigenvalue weighted by molar-refractivity contribution is 6.08. The van der Waals surface area contributed by atoms with Crippen molar-refractivity contribution in [2.24, 2.45) is 0 Å². The van der Waals surface area contributed by atoms with Crippen LogP contribution in [0.4, 0.5) is 0 Å². The van der Waals surface area contributed by atoms with E-state index >= 15 is 0 Å². The van der Waals surface area contributed by atoms with Gasteiger partial charge in [0.1, 0.15) is 5.69 Å². The van der Waals surface area contributed by atoms with E-state index in [9.17, 15) is 9.59 Å². The normalized spacial score (nSPS) is 10.2. The molecule has 0 radical (unpaired) electrons. The number of nitrogens with zero attached hydrogens (tertiary/aromatic N) is 1. The van der Waals surface area contributed by atoms with Crippen molar-refractivity contribution in [3.8, 4) is 0 Å². The van der Waals surface area contributed by atoms with Crippen LogP contribution in [0, 0.1) is 0 Å². The number of ketones is 1. The predicted molar refractivity (Wildman–Crippen MR) is 72.6 cm³/mol. The first-order valence-electron chi connectivity index (χ1n) is 5.94. The second-order valence-electron chi connectivity index (χ2n) is 4.02. The van der Waals surface area contributed by atoms with Gasteiger partial charge in [-0.05, 0) is 19.2 Å². The lowest BCUT2D eigenvalue weighted by molar-refractivity contribution is -0.116. The van der Waals surface area contributed by atoms with Gasteiger partial charge in [-0.1, -0.05) is 30.3 Å². The first-order chi connectivity index (χ1) is 9.22. The molecule has 1 amide bonds. The highest BCUT2D eigenvalue weighted by Gasteiger charge is 2.14. The average molecular weight is 257 g/mol. The molecule has 19 heavy (non-hydrogen) atoms. The Balaban J connectivity index is 2.20. The summed E-state index contributed by atoms with van der Waals surface area (Å²) in [7, 11) is 1.69. The van der Waals surface area contributed by atoms with Crippen LogP contribution in [0.5, 0.6) is 0 Å². The molecule has 0 aliphatic heterocycles. The molecule has 2 N–H and O–H groups in total. The van der Waals surface area contributed by atoms with Crippen LogP contribution in [0.15, 0.2) is 48.7 Å². The molecule has 5 nitrogen and oxygen atoms in total. The highest BCUT2D eigenvalue weighted by atomic mass is 16.2. The zero-order chi connectivity index (χ0) is 13.7. The molecule has 0 saturated heterocycles. The van der Waals surface area contributed by atoms with Gasteiger partial charge in [-0.25, -0.2) is 0 Å². The number of likely N-dealkylation sites (N-methyl/N-ethyl adjacent to an activating group) is 1. The van der Waals surface area contributed by atoms with E-state index in [4.69, 9.17) is 0 Å². The molecule has 0 aliphatic rings. The number of aromatic nitrogens is 1. The van der Waals surface area contributed by atoms with Crippen molar-refractivity contribution in [3.05, 3.63) is 59.9 Å². The largest absolute Gasteiger partial charge is 0.311 e. The van der Waals surface area contributed by atoms with Crippen LogP contribution in [0.2, 0.25) is 0 Å². The number of carbonyl (C=O) groups excluding carboxylic acids is 2. The van der Waals surface area contributed by atoms with Crippen molar-refractivity contribution in [1.82, 2.24) is 9.99 Å². The van der Waals surface area contributed by atoms with E-state index in [-0.39, 0.29) is 18.2 Å². The number of hydrogen-bond acceptors (Lipinski definition) is 3. The summed E-state index contributed by atoms with van der Waals surface area (Å²) in [5.41, 5.74) is 3.65. The van der Waals surface area contributed by atoms with Crippen LogP contribution in [0.3, 0.4) is 0 Å². The Morgan fingerprint density at radius 3 is 2.53 bits per heavy atom. The molecule has 5 heteroatoms. The second kappa shape index (κ2) is 5.97. The van der Waals surface area contributed by atoms with Crippen molar-refractivity contribution in [2.45, 2.75) is 0 Å². The lowest BCUT2D eigenvalue weighted by Gasteiger charge is -2.10. The van der Waals surface area contributed by atoms with Gasteiger partial charge in [0.15, 0.2) is 0 Å². The van der Waals surface area contributed by atoms with E-state index in [2.05, 4.69) is 10.7 Å². The van der Waals surface area contributed by atoms with Crippen molar-refractivity contribution in [2.75, 3.05) is 19.0 Å². The molecule has 2 rings (SSSR count). The molecular weight excluding hydrogens is 242 g/mol. The summed E-state index contributed by atoms with van der Waals surface area (Å²) < 4.78 is 1.44. The van der Waals surface area contributed by atoms with Gasteiger partial charge in [-0.3, -0.25) is 19.7 Å². The number of rotatable bonds is 5. The summed E-state index contributed by atoms with van der Waals surface area (Å²) in [6.07, 6.45) is 1.64. The lowest BCUT2D eigenvalue weighted by Crippen LogP contribution is -2.32. The van der Waals surface area contributed by atoms with Crippen molar-refractivity contribution >= 4 is 11.7 Å². The van der Waals surface area contributed by atoms with Crippen molar-refractivity contribution in [1.29, 1.82) is 0 Å². The molecule has 0 saturated carbocycles. The summed E-state index contributed by atoms with van der Waals surface area (Å²) in [6, 6.07) is 12.3. The van der Waals surface area contributed by atoms with Crippen LogP contribution in [-0.4, -0.2) is 30.0 Å². The number of benzene rings is 1. The molecule has 1 aromatic heterocycles. The molecule has 0 atom stereocenters. The van der Waals surface area contributed by atoms with E-state index < -0.39 is 0 Å². The van der Waals surface area contributed by atoms with Crippen molar-refractivity contribution < 1.29 is 9.59 Å². The van der Waals surface area contributed by atoms with Gasteiger partial charge in [-0.2, -0.15) is 0 Å². The first kappa shape index (κ1) is 13.0. The van der Waals surface area contributed by atoms with E-state index in [1.54, 1.807) is 49.6 Å². The Kier molecular flexibility index (Phi) is 4.10. The summed E-state index contributed by atoms with van der Waals surface area (Å²) >= 11 is 0. The Morgan fingerprint density at radius 1 is 1.11 bits per heavy atom. The third kappa shape index (κ3) is 3.08.